The van der Waals surface area contributed by atoms with E-state index in [4.69, 9.17) is 11.6 Å². The van der Waals surface area contributed by atoms with Crippen LogP contribution in [-0.2, 0) is 5.88 Å². The van der Waals surface area contributed by atoms with Crippen LogP contribution in [0.3, 0.4) is 0 Å². The standard InChI is InChI=1S/C8H6ClN5O2/c9-5-8-10-12-13(11-8)6-1-3-7(4-2-6)14(15)16/h1-4H,5H2. The molecule has 0 unspecified atom stereocenters. The van der Waals surface area contributed by atoms with Gasteiger partial charge in [0, 0.05) is 12.1 Å². The summed E-state index contributed by atoms with van der Waals surface area (Å²) in [7, 11) is 0. The average molecular weight is 240 g/mol. The molecule has 1 aromatic carbocycles. The summed E-state index contributed by atoms with van der Waals surface area (Å²) < 4.78 is 0. The van der Waals surface area contributed by atoms with E-state index < -0.39 is 4.92 Å². The zero-order valence-electron chi connectivity index (χ0n) is 7.95. The normalized spacial score (nSPS) is 10.3. The minimum absolute atomic E-state index is 0.0152. The Hall–Kier alpha value is -2.02. The second-order valence-corrected chi connectivity index (χ2v) is 3.17. The quantitative estimate of drug-likeness (QED) is 0.458. The number of aromatic nitrogens is 4. The highest BCUT2D eigenvalue weighted by atomic mass is 35.5. The van der Waals surface area contributed by atoms with E-state index in [-0.39, 0.29) is 11.6 Å². The van der Waals surface area contributed by atoms with E-state index in [2.05, 4.69) is 15.4 Å². The van der Waals surface area contributed by atoms with Crippen LogP contribution in [0.2, 0.25) is 0 Å². The van der Waals surface area contributed by atoms with Gasteiger partial charge in [0.05, 0.1) is 16.5 Å². The van der Waals surface area contributed by atoms with Crippen LogP contribution in [0.4, 0.5) is 5.69 Å². The van der Waals surface area contributed by atoms with Gasteiger partial charge in [0.25, 0.3) is 5.69 Å². The smallest absolute Gasteiger partial charge is 0.258 e. The van der Waals surface area contributed by atoms with Crippen LogP contribution in [0, 0.1) is 10.1 Å². The highest BCUT2D eigenvalue weighted by Crippen LogP contribution is 2.13. The molecule has 0 aliphatic carbocycles. The van der Waals surface area contributed by atoms with Crippen molar-refractivity contribution in [1.82, 2.24) is 20.2 Å². The Labute approximate surface area is 94.8 Å². The zero-order chi connectivity index (χ0) is 11.5. The van der Waals surface area contributed by atoms with E-state index in [0.717, 1.165) is 0 Å². The highest BCUT2D eigenvalue weighted by Gasteiger charge is 2.07. The van der Waals surface area contributed by atoms with Gasteiger partial charge in [-0.15, -0.1) is 26.6 Å². The van der Waals surface area contributed by atoms with E-state index in [0.29, 0.717) is 11.5 Å². The van der Waals surface area contributed by atoms with Gasteiger partial charge in [0.2, 0.25) is 0 Å². The van der Waals surface area contributed by atoms with E-state index in [1.54, 1.807) is 0 Å². The third kappa shape index (κ3) is 1.98. The van der Waals surface area contributed by atoms with Crippen molar-refractivity contribution in [3.05, 3.63) is 40.2 Å². The second kappa shape index (κ2) is 4.23. The SMILES string of the molecule is O=[N+]([O-])c1ccc(-n2nnc(CCl)n2)cc1. The van der Waals surface area contributed by atoms with Crippen molar-refractivity contribution in [2.75, 3.05) is 0 Å². The number of tetrazole rings is 1. The molecule has 0 radical (unpaired) electrons. The van der Waals surface area contributed by atoms with Gasteiger partial charge in [-0.2, -0.15) is 0 Å². The molecule has 2 aromatic rings. The van der Waals surface area contributed by atoms with E-state index in [9.17, 15) is 10.1 Å². The maximum absolute atomic E-state index is 10.4. The first-order chi connectivity index (χ1) is 7.70. The molecule has 0 aliphatic heterocycles. The first-order valence-electron chi connectivity index (χ1n) is 4.30. The Bertz CT molecular complexity index is 509. The molecule has 0 saturated carbocycles. The molecule has 7 nitrogen and oxygen atoms in total. The first kappa shape index (κ1) is 10.5. The summed E-state index contributed by atoms with van der Waals surface area (Å²) in [5.74, 6) is 0.576. The van der Waals surface area contributed by atoms with Gasteiger partial charge in [-0.25, -0.2) is 0 Å². The van der Waals surface area contributed by atoms with Crippen molar-refractivity contribution in [1.29, 1.82) is 0 Å². The second-order valence-electron chi connectivity index (χ2n) is 2.90. The number of nitrogens with zero attached hydrogens (tertiary/aromatic N) is 5. The van der Waals surface area contributed by atoms with Crippen molar-refractivity contribution in [2.45, 2.75) is 5.88 Å². The Kier molecular flexibility index (Phi) is 2.78. The fraction of sp³-hybridized carbons (Fsp3) is 0.125. The molecule has 0 saturated heterocycles. The van der Waals surface area contributed by atoms with E-state index in [1.165, 1.54) is 29.1 Å². The lowest BCUT2D eigenvalue weighted by Gasteiger charge is -1.96. The summed E-state index contributed by atoms with van der Waals surface area (Å²) in [6, 6.07) is 5.83. The summed E-state index contributed by atoms with van der Waals surface area (Å²) in [4.78, 5) is 11.2. The number of nitro groups is 1. The summed E-state index contributed by atoms with van der Waals surface area (Å²) in [5.41, 5.74) is 0.607. The molecular formula is C8H6ClN5O2. The number of hydrogen-bond donors (Lipinski definition) is 0. The molecular weight excluding hydrogens is 234 g/mol. The van der Waals surface area contributed by atoms with E-state index in [1.807, 2.05) is 0 Å². The number of non-ortho nitro benzene ring substituents is 1. The van der Waals surface area contributed by atoms with Crippen molar-refractivity contribution in [3.63, 3.8) is 0 Å². The van der Waals surface area contributed by atoms with Crippen LogP contribution >= 0.6 is 11.6 Å². The molecule has 0 atom stereocenters. The van der Waals surface area contributed by atoms with Gasteiger partial charge >= 0.3 is 0 Å². The lowest BCUT2D eigenvalue weighted by molar-refractivity contribution is -0.384. The molecule has 16 heavy (non-hydrogen) atoms. The van der Waals surface area contributed by atoms with Gasteiger partial charge in [-0.1, -0.05) is 0 Å². The minimum atomic E-state index is -0.470. The predicted molar refractivity (Wildman–Crippen MR) is 55.4 cm³/mol. The third-order valence-corrected chi connectivity index (χ3v) is 2.11. The number of alkyl halides is 1. The van der Waals surface area contributed by atoms with E-state index >= 15 is 0 Å². The van der Waals surface area contributed by atoms with Gasteiger partial charge < -0.3 is 0 Å². The van der Waals surface area contributed by atoms with Crippen molar-refractivity contribution in [3.8, 4) is 5.69 Å². The van der Waals surface area contributed by atoms with Crippen LogP contribution in [0.5, 0.6) is 0 Å². The lowest BCUT2D eigenvalue weighted by Crippen LogP contribution is -1.99. The van der Waals surface area contributed by atoms with Crippen molar-refractivity contribution in [2.24, 2.45) is 0 Å². The lowest BCUT2D eigenvalue weighted by atomic mass is 10.3. The molecule has 1 heterocycles. The number of hydrogen-bond acceptors (Lipinski definition) is 5. The largest absolute Gasteiger partial charge is 0.269 e. The Morgan fingerprint density at radius 3 is 2.56 bits per heavy atom. The summed E-state index contributed by atoms with van der Waals surface area (Å²) in [6.07, 6.45) is 0. The fourth-order valence-corrected chi connectivity index (χ4v) is 1.22. The topological polar surface area (TPSA) is 86.7 Å². The van der Waals surface area contributed by atoms with Crippen molar-refractivity contribution < 1.29 is 4.92 Å². The molecule has 0 aliphatic rings. The summed E-state index contributed by atoms with van der Waals surface area (Å²) in [5, 5.41) is 21.8. The van der Waals surface area contributed by atoms with Gasteiger partial charge in [-0.3, -0.25) is 10.1 Å². The number of nitro benzene ring substituents is 1. The molecule has 8 heteroatoms. The molecule has 82 valence electrons. The number of rotatable bonds is 3. The Morgan fingerprint density at radius 1 is 1.38 bits per heavy atom. The Balaban J connectivity index is 2.30. The molecule has 0 N–H and O–H groups in total. The maximum Gasteiger partial charge on any atom is 0.269 e. The van der Waals surface area contributed by atoms with Gasteiger partial charge in [0.15, 0.2) is 5.82 Å². The number of benzene rings is 1. The van der Waals surface area contributed by atoms with Gasteiger partial charge in [-0.05, 0) is 17.3 Å². The van der Waals surface area contributed by atoms with Crippen molar-refractivity contribution >= 4 is 17.3 Å². The van der Waals surface area contributed by atoms with Crippen LogP contribution in [0.25, 0.3) is 5.69 Å². The van der Waals surface area contributed by atoms with Gasteiger partial charge in [0.1, 0.15) is 0 Å². The molecule has 0 amide bonds. The highest BCUT2D eigenvalue weighted by molar-refractivity contribution is 6.16. The Morgan fingerprint density at radius 2 is 2.06 bits per heavy atom. The summed E-state index contributed by atoms with van der Waals surface area (Å²) in [6.45, 7) is 0. The monoisotopic (exact) mass is 239 g/mol. The minimum Gasteiger partial charge on any atom is -0.258 e. The summed E-state index contributed by atoms with van der Waals surface area (Å²) >= 11 is 5.53. The molecule has 0 spiro atoms. The fourth-order valence-electron chi connectivity index (χ4n) is 1.11. The maximum atomic E-state index is 10.4. The molecule has 1 aromatic heterocycles. The first-order valence-corrected chi connectivity index (χ1v) is 4.84. The molecule has 0 fully saturated rings. The number of halogens is 1. The zero-order valence-corrected chi connectivity index (χ0v) is 8.70. The van der Waals surface area contributed by atoms with Crippen LogP contribution < -0.4 is 0 Å². The van der Waals surface area contributed by atoms with Crippen LogP contribution in [-0.4, -0.2) is 25.1 Å². The molecule has 0 bridgehead atoms. The molecule has 2 rings (SSSR count). The third-order valence-electron chi connectivity index (χ3n) is 1.87. The van der Waals surface area contributed by atoms with Crippen LogP contribution in [0.1, 0.15) is 5.82 Å². The average Bonchev–Trinajstić information content (AvgIpc) is 2.77. The van der Waals surface area contributed by atoms with Crippen LogP contribution in [0.15, 0.2) is 24.3 Å². The predicted octanol–water partition coefficient (Wildman–Crippen LogP) is 1.31.